The minimum atomic E-state index is -0.0696. The maximum absolute atomic E-state index is 11.9. The molecule has 0 spiro atoms. The van der Waals surface area contributed by atoms with Crippen molar-refractivity contribution >= 4 is 6.03 Å². The molecule has 1 aromatic carbocycles. The summed E-state index contributed by atoms with van der Waals surface area (Å²) in [6, 6.07) is 8.27. The molecular weight excluding hydrogens is 226 g/mol. The van der Waals surface area contributed by atoms with Gasteiger partial charge in [0.25, 0.3) is 0 Å². The summed E-state index contributed by atoms with van der Waals surface area (Å²) in [7, 11) is 1.79. The van der Waals surface area contributed by atoms with Crippen LogP contribution in [0.15, 0.2) is 18.2 Å². The summed E-state index contributed by atoms with van der Waals surface area (Å²) in [5.41, 5.74) is 3.61. The third-order valence-corrected chi connectivity index (χ3v) is 3.61. The smallest absolute Gasteiger partial charge is 0.319 e. The normalized spacial score (nSPS) is 19.2. The van der Waals surface area contributed by atoms with E-state index in [9.17, 15) is 4.79 Å². The molecular formula is C14H17N3O. The van der Waals surface area contributed by atoms with Gasteiger partial charge in [0, 0.05) is 13.6 Å². The van der Waals surface area contributed by atoms with Gasteiger partial charge in [-0.25, -0.2) is 4.79 Å². The molecule has 1 aromatic rings. The van der Waals surface area contributed by atoms with Crippen molar-refractivity contribution in [2.24, 2.45) is 0 Å². The van der Waals surface area contributed by atoms with Gasteiger partial charge < -0.3 is 9.80 Å². The molecule has 2 rings (SSSR count). The first-order chi connectivity index (χ1) is 8.54. The van der Waals surface area contributed by atoms with Crippen LogP contribution in [-0.4, -0.2) is 36.0 Å². The predicted octanol–water partition coefficient (Wildman–Crippen LogP) is 2.24. The summed E-state index contributed by atoms with van der Waals surface area (Å²) < 4.78 is 0. The maximum atomic E-state index is 11.9. The number of hydrogen-bond donors (Lipinski definition) is 0. The van der Waals surface area contributed by atoms with Gasteiger partial charge in [0.1, 0.15) is 6.54 Å². The summed E-state index contributed by atoms with van der Waals surface area (Å²) in [6.45, 7) is 4.89. The fourth-order valence-electron chi connectivity index (χ4n) is 2.28. The van der Waals surface area contributed by atoms with E-state index in [0.717, 1.165) is 5.56 Å². The van der Waals surface area contributed by atoms with Gasteiger partial charge >= 0.3 is 6.03 Å². The second-order valence-electron chi connectivity index (χ2n) is 4.79. The molecule has 0 radical (unpaired) electrons. The summed E-state index contributed by atoms with van der Waals surface area (Å²) in [5, 5.41) is 8.71. The van der Waals surface area contributed by atoms with E-state index in [4.69, 9.17) is 5.26 Å². The lowest BCUT2D eigenvalue weighted by Crippen LogP contribution is -2.29. The van der Waals surface area contributed by atoms with Crippen LogP contribution >= 0.6 is 0 Å². The Bertz CT molecular complexity index is 518. The first-order valence-electron chi connectivity index (χ1n) is 6.00. The molecule has 1 saturated heterocycles. The van der Waals surface area contributed by atoms with Crippen LogP contribution in [0.25, 0.3) is 0 Å². The Labute approximate surface area is 107 Å². The summed E-state index contributed by atoms with van der Waals surface area (Å²) in [5.74, 6) is 0. The summed E-state index contributed by atoms with van der Waals surface area (Å²) >= 11 is 0. The zero-order valence-corrected chi connectivity index (χ0v) is 11.0. The number of amides is 2. The molecule has 1 unspecified atom stereocenters. The molecule has 0 aliphatic carbocycles. The molecule has 0 bridgehead atoms. The van der Waals surface area contributed by atoms with E-state index in [0.29, 0.717) is 6.54 Å². The van der Waals surface area contributed by atoms with Crippen molar-refractivity contribution in [2.75, 3.05) is 20.1 Å². The number of likely N-dealkylation sites (N-methyl/N-ethyl adjacent to an activating group) is 1. The maximum Gasteiger partial charge on any atom is 0.321 e. The molecule has 0 N–H and O–H groups in total. The van der Waals surface area contributed by atoms with Crippen LogP contribution in [-0.2, 0) is 0 Å². The van der Waals surface area contributed by atoms with Gasteiger partial charge in [-0.05, 0) is 30.5 Å². The van der Waals surface area contributed by atoms with Gasteiger partial charge in [0.2, 0.25) is 0 Å². The van der Waals surface area contributed by atoms with Gasteiger partial charge in [-0.3, -0.25) is 0 Å². The van der Waals surface area contributed by atoms with Gasteiger partial charge in [-0.15, -0.1) is 0 Å². The van der Waals surface area contributed by atoms with Crippen molar-refractivity contribution < 1.29 is 4.79 Å². The van der Waals surface area contributed by atoms with E-state index in [1.807, 2.05) is 6.07 Å². The number of aryl methyl sites for hydroxylation is 2. The highest BCUT2D eigenvalue weighted by Gasteiger charge is 2.35. The van der Waals surface area contributed by atoms with Gasteiger partial charge in [0.15, 0.2) is 0 Å². The second kappa shape index (κ2) is 4.69. The van der Waals surface area contributed by atoms with E-state index in [-0.39, 0.29) is 18.6 Å². The lowest BCUT2D eigenvalue weighted by molar-refractivity contribution is 0.199. The highest BCUT2D eigenvalue weighted by Crippen LogP contribution is 2.28. The molecule has 2 amide bonds. The van der Waals surface area contributed by atoms with Crippen LogP contribution in [0.2, 0.25) is 0 Å². The molecule has 94 valence electrons. The number of rotatable bonds is 2. The quantitative estimate of drug-likeness (QED) is 0.748. The molecule has 1 heterocycles. The molecule has 0 aromatic heterocycles. The van der Waals surface area contributed by atoms with Gasteiger partial charge in [-0.2, -0.15) is 5.26 Å². The number of benzene rings is 1. The van der Waals surface area contributed by atoms with Crippen LogP contribution in [0.5, 0.6) is 0 Å². The number of carbonyl (C=O) groups is 1. The van der Waals surface area contributed by atoms with E-state index in [1.54, 1.807) is 16.8 Å². The van der Waals surface area contributed by atoms with Crippen LogP contribution in [0.3, 0.4) is 0 Å². The van der Waals surface area contributed by atoms with E-state index in [2.05, 4.69) is 32.0 Å². The molecule has 18 heavy (non-hydrogen) atoms. The average molecular weight is 243 g/mol. The molecule has 4 nitrogen and oxygen atoms in total. The first kappa shape index (κ1) is 12.4. The van der Waals surface area contributed by atoms with Crippen molar-refractivity contribution in [2.45, 2.75) is 19.9 Å². The Morgan fingerprint density at radius 2 is 2.11 bits per heavy atom. The number of urea groups is 1. The molecule has 1 aliphatic rings. The highest BCUT2D eigenvalue weighted by atomic mass is 16.2. The topological polar surface area (TPSA) is 47.3 Å². The standard InChI is InChI=1S/C14H17N3O/c1-10-4-5-12(8-11(10)2)13-9-17(7-6-15)14(18)16(13)3/h4-5,8,13H,7,9H2,1-3H3. The van der Waals surface area contributed by atoms with Crippen molar-refractivity contribution in [3.05, 3.63) is 34.9 Å². The molecule has 1 aliphatic heterocycles. The molecule has 1 atom stereocenters. The summed E-state index contributed by atoms with van der Waals surface area (Å²) in [4.78, 5) is 15.2. The van der Waals surface area contributed by atoms with E-state index < -0.39 is 0 Å². The van der Waals surface area contributed by atoms with Crippen molar-refractivity contribution in [1.82, 2.24) is 9.80 Å². The Hall–Kier alpha value is -2.02. The van der Waals surface area contributed by atoms with E-state index in [1.165, 1.54) is 11.1 Å². The van der Waals surface area contributed by atoms with Crippen LogP contribution < -0.4 is 0 Å². The van der Waals surface area contributed by atoms with Crippen LogP contribution in [0.4, 0.5) is 4.79 Å². The zero-order valence-electron chi connectivity index (χ0n) is 11.0. The van der Waals surface area contributed by atoms with E-state index >= 15 is 0 Å². The van der Waals surface area contributed by atoms with Crippen LogP contribution in [0, 0.1) is 25.2 Å². The number of hydrogen-bond acceptors (Lipinski definition) is 2. The summed E-state index contributed by atoms with van der Waals surface area (Å²) in [6.07, 6.45) is 0. The fraction of sp³-hybridized carbons (Fsp3) is 0.429. The lowest BCUT2D eigenvalue weighted by Gasteiger charge is -2.19. The second-order valence-corrected chi connectivity index (χ2v) is 4.79. The Balaban J connectivity index is 2.26. The SMILES string of the molecule is Cc1ccc(C2CN(CC#N)C(=O)N2C)cc1C. The third kappa shape index (κ3) is 2.04. The molecule has 4 heteroatoms. The minimum Gasteiger partial charge on any atom is -0.319 e. The number of carbonyl (C=O) groups excluding carboxylic acids is 1. The zero-order chi connectivity index (χ0) is 13.3. The van der Waals surface area contributed by atoms with Crippen molar-refractivity contribution in [1.29, 1.82) is 5.26 Å². The molecule has 1 fully saturated rings. The molecule has 0 saturated carbocycles. The third-order valence-electron chi connectivity index (χ3n) is 3.61. The minimum absolute atomic E-state index is 0.0464. The van der Waals surface area contributed by atoms with Crippen molar-refractivity contribution in [3.63, 3.8) is 0 Å². The average Bonchev–Trinajstić information content (AvgIpc) is 2.62. The number of nitrogens with zero attached hydrogens (tertiary/aromatic N) is 3. The Morgan fingerprint density at radius 1 is 1.39 bits per heavy atom. The predicted molar refractivity (Wildman–Crippen MR) is 69.0 cm³/mol. The Kier molecular flexibility index (Phi) is 3.24. The largest absolute Gasteiger partial charge is 0.321 e. The van der Waals surface area contributed by atoms with Gasteiger partial charge in [0.05, 0.1) is 12.1 Å². The van der Waals surface area contributed by atoms with Crippen molar-refractivity contribution in [3.8, 4) is 6.07 Å². The highest BCUT2D eigenvalue weighted by molar-refractivity contribution is 5.77. The monoisotopic (exact) mass is 243 g/mol. The fourth-order valence-corrected chi connectivity index (χ4v) is 2.28. The van der Waals surface area contributed by atoms with Gasteiger partial charge in [-0.1, -0.05) is 18.2 Å². The Morgan fingerprint density at radius 3 is 2.72 bits per heavy atom. The first-order valence-corrected chi connectivity index (χ1v) is 6.00. The lowest BCUT2D eigenvalue weighted by atomic mass is 10.0. The number of nitriles is 1. The van der Waals surface area contributed by atoms with Crippen LogP contribution in [0.1, 0.15) is 22.7 Å².